The van der Waals surface area contributed by atoms with Crippen molar-refractivity contribution in [2.45, 2.75) is 62.6 Å². The summed E-state index contributed by atoms with van der Waals surface area (Å²) < 4.78 is 12.8. The molecule has 4 aromatic carbocycles. The predicted octanol–water partition coefficient (Wildman–Crippen LogP) is 6.74. The first kappa shape index (κ1) is 44.3. The minimum Gasteiger partial charge on any atom is -0.445 e. The Kier molecular flexibility index (Phi) is 13.9. The summed E-state index contributed by atoms with van der Waals surface area (Å²) in [6, 6.07) is 40.5. The van der Waals surface area contributed by atoms with Crippen LogP contribution in [-0.4, -0.2) is 87.3 Å². The zero-order chi connectivity index (χ0) is 44.5. The second-order valence-corrected chi connectivity index (χ2v) is 17.9. The van der Waals surface area contributed by atoms with E-state index in [-0.39, 0.29) is 23.7 Å². The molecule has 4 aromatic rings. The molecule has 4 saturated heterocycles. The van der Waals surface area contributed by atoms with Crippen LogP contribution in [0.3, 0.4) is 0 Å². The fourth-order valence-electron chi connectivity index (χ4n) is 11.3. The molecule has 0 unspecified atom stereocenters. The Hall–Kier alpha value is -6.30. The maximum atomic E-state index is 14.1. The van der Waals surface area contributed by atoms with Gasteiger partial charge in [-0.1, -0.05) is 72.8 Å². The van der Waals surface area contributed by atoms with E-state index in [0.29, 0.717) is 104 Å². The summed E-state index contributed by atoms with van der Waals surface area (Å²) in [7, 11) is 0. The molecular formula is C52H62N6O6. The SMILES string of the molecule is NC(=O)C(OC(=O)/C=C/C(=O)OC(C(N)=O)(C1CCN(c2ccccc2)CC1)C1CCN(c2ccccc2)CC1)(C1CCN(c2ccccc2)CC1)C1CCN(c2ccccc2)CC1. The van der Waals surface area contributed by atoms with Gasteiger partial charge in [0, 0.05) is 111 Å². The van der Waals surface area contributed by atoms with Gasteiger partial charge in [-0.2, -0.15) is 0 Å². The molecule has 0 bridgehead atoms. The van der Waals surface area contributed by atoms with E-state index in [1.54, 1.807) is 0 Å². The predicted molar refractivity (Wildman–Crippen MR) is 251 cm³/mol. The number of nitrogens with two attached hydrogens (primary N) is 2. The zero-order valence-electron chi connectivity index (χ0n) is 36.7. The molecule has 4 aliphatic rings. The van der Waals surface area contributed by atoms with Crippen LogP contribution in [0.25, 0.3) is 0 Å². The number of piperidine rings is 4. The van der Waals surface area contributed by atoms with Crippen LogP contribution in [0.15, 0.2) is 133 Å². The number of amides is 2. The molecule has 0 atom stereocenters. The molecule has 12 nitrogen and oxygen atoms in total. The van der Waals surface area contributed by atoms with Crippen LogP contribution in [0.4, 0.5) is 22.7 Å². The summed E-state index contributed by atoms with van der Waals surface area (Å²) in [5.41, 5.74) is 13.9. The molecule has 0 spiro atoms. The summed E-state index contributed by atoms with van der Waals surface area (Å²) >= 11 is 0. The summed E-state index contributed by atoms with van der Waals surface area (Å²) in [5, 5.41) is 0. The van der Waals surface area contributed by atoms with E-state index >= 15 is 0 Å². The standard InChI is InChI=1S/C52H62N6O6/c53-49(61)51(39-23-31-55(32-24-39)43-13-5-1-6-14-43,40-25-33-56(34-26-40)44-15-7-2-8-16-44)63-47(59)21-22-48(60)64-52(50(54)62,41-27-35-57(36-28-41)45-17-9-3-10-18-45)42-29-37-58(38-30-42)46-19-11-4-12-20-46/h1-22,39-42H,23-38H2,(H2,53,61)(H2,54,62)/b22-21+. The number of anilines is 4. The quantitative estimate of drug-likeness (QED) is 0.103. The number of nitrogens with zero attached hydrogens (tertiary/aromatic N) is 4. The number of hydrogen-bond acceptors (Lipinski definition) is 10. The van der Waals surface area contributed by atoms with Gasteiger partial charge in [-0.3, -0.25) is 9.59 Å². The molecule has 0 aliphatic carbocycles. The third-order valence-corrected chi connectivity index (χ3v) is 14.6. The number of esters is 2. The van der Waals surface area contributed by atoms with Gasteiger partial charge in [0.1, 0.15) is 0 Å². The smallest absolute Gasteiger partial charge is 0.332 e. The lowest BCUT2D eigenvalue weighted by Gasteiger charge is -2.49. The molecule has 336 valence electrons. The average Bonchev–Trinajstić information content (AvgIpc) is 3.35. The first-order valence-electron chi connectivity index (χ1n) is 23.1. The van der Waals surface area contributed by atoms with Crippen LogP contribution in [0, 0.1) is 23.7 Å². The Labute approximate surface area is 377 Å². The Morgan fingerprint density at radius 2 is 0.594 bits per heavy atom. The molecule has 0 saturated carbocycles. The van der Waals surface area contributed by atoms with E-state index in [1.165, 1.54) is 0 Å². The molecule has 0 radical (unpaired) electrons. The second-order valence-electron chi connectivity index (χ2n) is 17.9. The number of primary amides is 2. The minimum atomic E-state index is -1.60. The summed E-state index contributed by atoms with van der Waals surface area (Å²) in [6.07, 6.45) is 6.75. The second kappa shape index (κ2) is 20.0. The topological polar surface area (TPSA) is 152 Å². The van der Waals surface area contributed by atoms with Gasteiger partial charge >= 0.3 is 11.9 Å². The highest BCUT2D eigenvalue weighted by molar-refractivity contribution is 5.96. The lowest BCUT2D eigenvalue weighted by atomic mass is 9.68. The monoisotopic (exact) mass is 866 g/mol. The molecule has 0 aromatic heterocycles. The van der Waals surface area contributed by atoms with E-state index in [1.807, 2.05) is 72.8 Å². The van der Waals surface area contributed by atoms with E-state index in [2.05, 4.69) is 68.1 Å². The van der Waals surface area contributed by atoms with Gasteiger partial charge in [0.15, 0.2) is 11.2 Å². The number of benzene rings is 4. The van der Waals surface area contributed by atoms with Gasteiger partial charge < -0.3 is 40.5 Å². The Morgan fingerprint density at radius 3 is 0.781 bits per heavy atom. The lowest BCUT2D eigenvalue weighted by Crippen LogP contribution is -2.62. The van der Waals surface area contributed by atoms with Crippen molar-refractivity contribution in [3.63, 3.8) is 0 Å². The minimum absolute atomic E-state index is 0.339. The van der Waals surface area contributed by atoms with E-state index in [4.69, 9.17) is 20.9 Å². The number of carbonyl (C=O) groups excluding carboxylic acids is 4. The van der Waals surface area contributed by atoms with Crippen molar-refractivity contribution in [1.29, 1.82) is 0 Å². The average molecular weight is 867 g/mol. The Morgan fingerprint density at radius 1 is 0.391 bits per heavy atom. The normalized spacial score (nSPS) is 18.8. The fourth-order valence-corrected chi connectivity index (χ4v) is 11.3. The van der Waals surface area contributed by atoms with Gasteiger partial charge in [-0.25, -0.2) is 9.59 Å². The molecule has 2 amide bonds. The maximum absolute atomic E-state index is 14.1. The number of para-hydroxylation sites is 4. The first-order chi connectivity index (χ1) is 31.2. The number of hydrogen-bond donors (Lipinski definition) is 2. The van der Waals surface area contributed by atoms with Gasteiger partial charge in [0.25, 0.3) is 11.8 Å². The van der Waals surface area contributed by atoms with E-state index in [9.17, 15) is 19.2 Å². The Balaban J connectivity index is 1.02. The van der Waals surface area contributed by atoms with Crippen molar-refractivity contribution in [3.8, 4) is 0 Å². The van der Waals surface area contributed by atoms with Crippen molar-refractivity contribution in [2.75, 3.05) is 72.0 Å². The van der Waals surface area contributed by atoms with Gasteiger partial charge in [-0.15, -0.1) is 0 Å². The third kappa shape index (κ3) is 9.46. The molecule has 4 aliphatic heterocycles. The number of rotatable bonds is 14. The third-order valence-electron chi connectivity index (χ3n) is 14.6. The van der Waals surface area contributed by atoms with Crippen molar-refractivity contribution in [1.82, 2.24) is 0 Å². The molecule has 4 fully saturated rings. The zero-order valence-corrected chi connectivity index (χ0v) is 36.7. The van der Waals surface area contributed by atoms with Crippen LogP contribution >= 0.6 is 0 Å². The molecule has 4 heterocycles. The highest BCUT2D eigenvalue weighted by Gasteiger charge is 2.56. The van der Waals surface area contributed by atoms with E-state index < -0.39 is 35.0 Å². The van der Waals surface area contributed by atoms with E-state index in [0.717, 1.165) is 34.9 Å². The van der Waals surface area contributed by atoms with Gasteiger partial charge in [0.2, 0.25) is 0 Å². The van der Waals surface area contributed by atoms with Crippen molar-refractivity contribution >= 4 is 46.5 Å². The molecule has 8 rings (SSSR count). The highest BCUT2D eigenvalue weighted by atomic mass is 16.6. The number of ether oxygens (including phenoxy) is 2. The largest absolute Gasteiger partial charge is 0.445 e. The molecule has 4 N–H and O–H groups in total. The van der Waals surface area contributed by atoms with Crippen molar-refractivity contribution in [2.24, 2.45) is 35.1 Å². The van der Waals surface area contributed by atoms with Gasteiger partial charge in [-0.05, 0) is 99.9 Å². The van der Waals surface area contributed by atoms with Crippen LogP contribution in [0.1, 0.15) is 51.4 Å². The molecule has 64 heavy (non-hydrogen) atoms. The molecule has 12 heteroatoms. The van der Waals surface area contributed by atoms with Crippen LogP contribution < -0.4 is 31.1 Å². The maximum Gasteiger partial charge on any atom is 0.332 e. The van der Waals surface area contributed by atoms with Crippen molar-refractivity contribution in [3.05, 3.63) is 133 Å². The number of carbonyl (C=O) groups is 4. The lowest BCUT2D eigenvalue weighted by molar-refractivity contribution is -0.182. The van der Waals surface area contributed by atoms with Crippen LogP contribution in [-0.2, 0) is 28.7 Å². The van der Waals surface area contributed by atoms with Gasteiger partial charge in [0.05, 0.1) is 0 Å². The van der Waals surface area contributed by atoms with Crippen molar-refractivity contribution < 1.29 is 28.7 Å². The fraction of sp³-hybridized carbons (Fsp3) is 0.423. The highest BCUT2D eigenvalue weighted by Crippen LogP contribution is 2.45. The van der Waals surface area contributed by atoms with Crippen LogP contribution in [0.2, 0.25) is 0 Å². The first-order valence-corrected chi connectivity index (χ1v) is 23.1. The summed E-state index contributed by atoms with van der Waals surface area (Å²) in [6.45, 7) is 5.30. The molecular weight excluding hydrogens is 805 g/mol. The summed E-state index contributed by atoms with van der Waals surface area (Å²) in [4.78, 5) is 65.3. The van der Waals surface area contributed by atoms with Crippen LogP contribution in [0.5, 0.6) is 0 Å². The summed E-state index contributed by atoms with van der Waals surface area (Å²) in [5.74, 6) is -4.43. The Bertz CT molecular complexity index is 1920.